The van der Waals surface area contributed by atoms with Crippen molar-refractivity contribution in [3.63, 3.8) is 0 Å². The Bertz CT molecular complexity index is 396. The molecule has 6 nitrogen and oxygen atoms in total. The summed E-state index contributed by atoms with van der Waals surface area (Å²) < 4.78 is 27.1. The fourth-order valence-electron chi connectivity index (χ4n) is 0.796. The SMILES string of the molecule is O=[N+]([O-])c1cc(F)cc(O[P+](=O)O)c1. The smallest absolute Gasteiger partial charge is 0.258 e. The van der Waals surface area contributed by atoms with Crippen LogP contribution in [0.4, 0.5) is 10.1 Å². The summed E-state index contributed by atoms with van der Waals surface area (Å²) in [6.45, 7) is 0. The van der Waals surface area contributed by atoms with E-state index in [0.29, 0.717) is 6.07 Å². The highest BCUT2D eigenvalue weighted by Crippen LogP contribution is 2.27. The Hall–Kier alpha value is -1.59. The molecular weight excluding hydrogens is 216 g/mol. The van der Waals surface area contributed by atoms with Gasteiger partial charge in [0.25, 0.3) is 5.69 Å². The van der Waals surface area contributed by atoms with Gasteiger partial charge >= 0.3 is 8.25 Å². The molecule has 1 aromatic rings. The van der Waals surface area contributed by atoms with Crippen molar-refractivity contribution in [3.8, 4) is 5.75 Å². The lowest BCUT2D eigenvalue weighted by atomic mass is 10.3. The Morgan fingerprint density at radius 3 is 2.64 bits per heavy atom. The van der Waals surface area contributed by atoms with Crippen LogP contribution in [0, 0.1) is 15.9 Å². The second-order valence-electron chi connectivity index (χ2n) is 2.23. The maximum atomic E-state index is 12.7. The number of halogens is 1. The molecule has 0 fully saturated rings. The zero-order valence-corrected chi connectivity index (χ0v) is 7.48. The van der Waals surface area contributed by atoms with E-state index in [2.05, 4.69) is 4.52 Å². The van der Waals surface area contributed by atoms with Gasteiger partial charge < -0.3 is 0 Å². The van der Waals surface area contributed by atoms with Gasteiger partial charge in [0.1, 0.15) is 5.82 Å². The molecule has 1 atom stereocenters. The summed E-state index contributed by atoms with van der Waals surface area (Å²) in [5, 5.41) is 10.2. The molecule has 1 aromatic carbocycles. The molecule has 0 spiro atoms. The van der Waals surface area contributed by atoms with Gasteiger partial charge in [-0.3, -0.25) is 10.1 Å². The first kappa shape index (κ1) is 10.5. The number of non-ortho nitro benzene ring substituents is 1. The van der Waals surface area contributed by atoms with Gasteiger partial charge in [-0.05, 0) is 0 Å². The van der Waals surface area contributed by atoms with Crippen LogP contribution < -0.4 is 4.52 Å². The molecule has 74 valence electrons. The molecule has 0 saturated carbocycles. The fraction of sp³-hybridized carbons (Fsp3) is 0. The fourth-order valence-corrected chi connectivity index (χ4v) is 1.08. The third-order valence-corrected chi connectivity index (χ3v) is 1.62. The van der Waals surface area contributed by atoms with Crippen molar-refractivity contribution in [1.82, 2.24) is 0 Å². The summed E-state index contributed by atoms with van der Waals surface area (Å²) in [5.74, 6) is -1.27. The predicted octanol–water partition coefficient (Wildman–Crippen LogP) is 1.76. The van der Waals surface area contributed by atoms with E-state index in [1.807, 2.05) is 0 Å². The molecule has 0 aliphatic carbocycles. The highest BCUT2D eigenvalue weighted by atomic mass is 31.1. The second-order valence-corrected chi connectivity index (χ2v) is 2.89. The number of rotatable bonds is 3. The van der Waals surface area contributed by atoms with Gasteiger partial charge in [0.2, 0.25) is 0 Å². The van der Waals surface area contributed by atoms with Crippen molar-refractivity contribution in [2.24, 2.45) is 0 Å². The number of hydrogen-bond donors (Lipinski definition) is 1. The summed E-state index contributed by atoms with van der Waals surface area (Å²) in [4.78, 5) is 17.7. The average Bonchev–Trinajstić information content (AvgIpc) is 2.01. The van der Waals surface area contributed by atoms with Crippen molar-refractivity contribution in [1.29, 1.82) is 0 Å². The van der Waals surface area contributed by atoms with Crippen LogP contribution in [0.15, 0.2) is 18.2 Å². The molecule has 0 amide bonds. The zero-order valence-electron chi connectivity index (χ0n) is 6.58. The van der Waals surface area contributed by atoms with Crippen molar-refractivity contribution < 1.29 is 23.3 Å². The van der Waals surface area contributed by atoms with Crippen LogP contribution in [-0.2, 0) is 4.57 Å². The Morgan fingerprint density at radius 2 is 2.14 bits per heavy atom. The molecule has 0 heterocycles. The largest absolute Gasteiger partial charge is 0.747 e. The van der Waals surface area contributed by atoms with Crippen molar-refractivity contribution in [3.05, 3.63) is 34.1 Å². The van der Waals surface area contributed by atoms with Crippen LogP contribution in [0.3, 0.4) is 0 Å². The highest BCUT2D eigenvalue weighted by molar-refractivity contribution is 7.32. The first-order chi connectivity index (χ1) is 6.49. The van der Waals surface area contributed by atoms with Gasteiger partial charge in [-0.25, -0.2) is 8.91 Å². The molecule has 14 heavy (non-hydrogen) atoms. The molecule has 0 saturated heterocycles. The zero-order chi connectivity index (χ0) is 10.7. The number of benzene rings is 1. The van der Waals surface area contributed by atoms with Gasteiger partial charge in [0.05, 0.1) is 17.1 Å². The summed E-state index contributed by atoms with van der Waals surface area (Å²) in [7, 11) is -2.96. The average molecular weight is 220 g/mol. The minimum atomic E-state index is -2.96. The molecular formula is C6H4FNO5P+. The number of hydrogen-bond acceptors (Lipinski definition) is 4. The van der Waals surface area contributed by atoms with Crippen LogP contribution >= 0.6 is 8.25 Å². The van der Waals surface area contributed by atoms with E-state index in [9.17, 15) is 19.1 Å². The lowest BCUT2D eigenvalue weighted by Crippen LogP contribution is -1.90. The third kappa shape index (κ3) is 2.72. The Kier molecular flexibility index (Phi) is 3.06. The van der Waals surface area contributed by atoms with Crippen LogP contribution in [-0.4, -0.2) is 9.82 Å². The Labute approximate surface area is 78.0 Å². The molecule has 8 heteroatoms. The molecule has 0 aliphatic heterocycles. The topological polar surface area (TPSA) is 89.7 Å². The summed E-state index contributed by atoms with van der Waals surface area (Å²) in [6.07, 6.45) is 0. The lowest BCUT2D eigenvalue weighted by molar-refractivity contribution is -0.385. The minimum absolute atomic E-state index is 0.361. The normalized spacial score (nSPS) is 10.9. The minimum Gasteiger partial charge on any atom is -0.258 e. The molecule has 1 unspecified atom stereocenters. The molecule has 1 rings (SSSR count). The van der Waals surface area contributed by atoms with Crippen LogP contribution in [0.5, 0.6) is 5.75 Å². The van der Waals surface area contributed by atoms with E-state index in [1.54, 1.807) is 0 Å². The van der Waals surface area contributed by atoms with Crippen LogP contribution in [0.1, 0.15) is 0 Å². The Balaban J connectivity index is 3.07. The number of nitro groups is 1. The monoisotopic (exact) mass is 220 g/mol. The van der Waals surface area contributed by atoms with E-state index in [0.717, 1.165) is 12.1 Å². The van der Waals surface area contributed by atoms with Gasteiger partial charge in [0.15, 0.2) is 5.75 Å². The van der Waals surface area contributed by atoms with Crippen molar-refractivity contribution in [2.75, 3.05) is 0 Å². The van der Waals surface area contributed by atoms with E-state index in [-0.39, 0.29) is 5.75 Å². The molecule has 0 aromatic heterocycles. The predicted molar refractivity (Wildman–Crippen MR) is 43.5 cm³/mol. The van der Waals surface area contributed by atoms with Crippen LogP contribution in [0.2, 0.25) is 0 Å². The molecule has 0 aliphatic rings. The number of nitro benzene ring substituents is 1. The lowest BCUT2D eigenvalue weighted by Gasteiger charge is -1.93. The molecule has 1 N–H and O–H groups in total. The first-order valence-corrected chi connectivity index (χ1v) is 4.41. The first-order valence-electron chi connectivity index (χ1n) is 3.28. The quantitative estimate of drug-likeness (QED) is 0.476. The van der Waals surface area contributed by atoms with Gasteiger partial charge in [0, 0.05) is 10.6 Å². The summed E-state index contributed by atoms with van der Waals surface area (Å²) >= 11 is 0. The standard InChI is InChI=1S/C6H3FNO5P/c7-4-1-5(8(9)10)3-6(2-4)13-14(11)12/h1-3H/p+1. The maximum Gasteiger partial charge on any atom is 0.747 e. The summed E-state index contributed by atoms with van der Waals surface area (Å²) in [6, 6.07) is 2.31. The second kappa shape index (κ2) is 4.08. The maximum absolute atomic E-state index is 12.7. The Morgan fingerprint density at radius 1 is 1.50 bits per heavy atom. The van der Waals surface area contributed by atoms with E-state index in [1.165, 1.54) is 0 Å². The van der Waals surface area contributed by atoms with Crippen molar-refractivity contribution >= 4 is 13.9 Å². The van der Waals surface area contributed by atoms with Gasteiger partial charge in [-0.15, -0.1) is 4.89 Å². The van der Waals surface area contributed by atoms with Crippen LogP contribution in [0.25, 0.3) is 0 Å². The summed E-state index contributed by atoms with van der Waals surface area (Å²) in [5.41, 5.74) is -0.545. The molecule has 0 radical (unpaired) electrons. The number of nitrogens with zero attached hydrogens (tertiary/aromatic N) is 1. The van der Waals surface area contributed by atoms with Crippen molar-refractivity contribution in [2.45, 2.75) is 0 Å². The molecule has 0 bridgehead atoms. The highest BCUT2D eigenvalue weighted by Gasteiger charge is 2.18. The third-order valence-electron chi connectivity index (χ3n) is 1.25. The van der Waals surface area contributed by atoms with Gasteiger partial charge in [-0.2, -0.15) is 0 Å². The van der Waals surface area contributed by atoms with E-state index < -0.39 is 24.7 Å². The van der Waals surface area contributed by atoms with E-state index in [4.69, 9.17) is 4.89 Å². The van der Waals surface area contributed by atoms with E-state index >= 15 is 0 Å². The van der Waals surface area contributed by atoms with Gasteiger partial charge in [-0.1, -0.05) is 0 Å².